The van der Waals surface area contributed by atoms with E-state index in [0.29, 0.717) is 28.3 Å². The van der Waals surface area contributed by atoms with E-state index in [1.165, 1.54) is 0 Å². The van der Waals surface area contributed by atoms with E-state index in [1.54, 1.807) is 13.2 Å². The Labute approximate surface area is 180 Å². The summed E-state index contributed by atoms with van der Waals surface area (Å²) in [6.07, 6.45) is 4.26. The molecule has 2 fully saturated rings. The van der Waals surface area contributed by atoms with Crippen molar-refractivity contribution >= 4 is 17.5 Å². The van der Waals surface area contributed by atoms with E-state index in [4.69, 9.17) is 21.1 Å². The molecule has 0 bridgehead atoms. The highest BCUT2D eigenvalue weighted by Gasteiger charge is 2.26. The van der Waals surface area contributed by atoms with E-state index in [2.05, 4.69) is 25.7 Å². The van der Waals surface area contributed by atoms with Gasteiger partial charge in [0.05, 0.1) is 11.1 Å². The second-order valence-electron chi connectivity index (χ2n) is 9.55. The molecule has 1 atom stereocenters. The number of carbonyl (C=O) groups excluding carboxylic acids is 1. The fourth-order valence-electron chi connectivity index (χ4n) is 4.26. The Balaban J connectivity index is 1.55. The second kappa shape index (κ2) is 9.67. The number of piperidine rings is 2. The Morgan fingerprint density at radius 1 is 1.14 bits per heavy atom. The van der Waals surface area contributed by atoms with Crippen molar-refractivity contribution < 1.29 is 14.3 Å². The molecule has 2 heterocycles. The van der Waals surface area contributed by atoms with Crippen molar-refractivity contribution in [2.24, 2.45) is 5.41 Å². The van der Waals surface area contributed by atoms with Crippen molar-refractivity contribution in [2.75, 3.05) is 39.8 Å². The number of rotatable bonds is 5. The van der Waals surface area contributed by atoms with Crippen LogP contribution in [-0.4, -0.2) is 67.7 Å². The molecule has 1 unspecified atom stereocenters. The Bertz CT molecular complexity index is 696. The molecule has 0 aromatic heterocycles. The van der Waals surface area contributed by atoms with E-state index in [-0.39, 0.29) is 18.1 Å². The minimum absolute atomic E-state index is 0.00990. The minimum Gasteiger partial charge on any atom is -0.489 e. The average molecular weight is 423 g/mol. The average Bonchev–Trinajstić information content (AvgIpc) is 2.69. The maximum absolute atomic E-state index is 12.8. The Morgan fingerprint density at radius 3 is 2.48 bits per heavy atom. The molecule has 0 saturated carbocycles. The van der Waals surface area contributed by atoms with Gasteiger partial charge in [-0.3, -0.25) is 4.79 Å². The summed E-state index contributed by atoms with van der Waals surface area (Å²) in [4.78, 5) is 17.2. The van der Waals surface area contributed by atoms with E-state index in [0.717, 1.165) is 51.9 Å². The van der Waals surface area contributed by atoms with E-state index < -0.39 is 0 Å². The van der Waals surface area contributed by atoms with Crippen LogP contribution < -0.4 is 4.74 Å². The number of ether oxygens (including phenoxy) is 2. The van der Waals surface area contributed by atoms with E-state index >= 15 is 0 Å². The topological polar surface area (TPSA) is 42.0 Å². The van der Waals surface area contributed by atoms with Crippen LogP contribution in [0.15, 0.2) is 18.2 Å². The molecule has 6 heteroatoms. The van der Waals surface area contributed by atoms with Crippen LogP contribution in [0, 0.1) is 5.41 Å². The van der Waals surface area contributed by atoms with Gasteiger partial charge in [0.2, 0.25) is 0 Å². The molecular formula is C23H35ClN2O3. The molecule has 0 aliphatic carbocycles. The monoisotopic (exact) mass is 422 g/mol. The lowest BCUT2D eigenvalue weighted by atomic mass is 9.94. The van der Waals surface area contributed by atoms with Gasteiger partial charge in [-0.1, -0.05) is 32.4 Å². The lowest BCUT2D eigenvalue weighted by molar-refractivity contribution is 0.0269. The zero-order chi connectivity index (χ0) is 21.0. The SMILES string of the molecule is COC1CCCN(C(=O)c2ccc(OC3CCN(CC(C)(C)C)CC3)c(Cl)c2)C1. The third kappa shape index (κ3) is 6.34. The molecule has 29 heavy (non-hydrogen) atoms. The fourth-order valence-corrected chi connectivity index (χ4v) is 4.49. The third-order valence-electron chi connectivity index (χ3n) is 5.70. The maximum atomic E-state index is 12.8. The van der Waals surface area contributed by atoms with Crippen molar-refractivity contribution in [3.63, 3.8) is 0 Å². The van der Waals surface area contributed by atoms with Crippen molar-refractivity contribution in [2.45, 2.75) is 58.7 Å². The highest BCUT2D eigenvalue weighted by molar-refractivity contribution is 6.32. The van der Waals surface area contributed by atoms with E-state index in [1.807, 2.05) is 17.0 Å². The summed E-state index contributed by atoms with van der Waals surface area (Å²) in [5.41, 5.74) is 0.927. The first-order valence-electron chi connectivity index (χ1n) is 10.8. The smallest absolute Gasteiger partial charge is 0.253 e. The molecule has 1 aromatic carbocycles. The summed E-state index contributed by atoms with van der Waals surface area (Å²) >= 11 is 6.47. The second-order valence-corrected chi connectivity index (χ2v) is 9.96. The molecule has 5 nitrogen and oxygen atoms in total. The van der Waals surface area contributed by atoms with Gasteiger partial charge in [0, 0.05) is 45.4 Å². The first-order chi connectivity index (χ1) is 13.7. The number of hydrogen-bond donors (Lipinski definition) is 0. The maximum Gasteiger partial charge on any atom is 0.253 e. The Morgan fingerprint density at radius 2 is 1.86 bits per heavy atom. The molecule has 0 N–H and O–H groups in total. The van der Waals surface area contributed by atoms with Crippen LogP contribution in [-0.2, 0) is 4.74 Å². The molecule has 0 radical (unpaired) electrons. The highest BCUT2D eigenvalue weighted by Crippen LogP contribution is 2.30. The predicted molar refractivity (Wildman–Crippen MR) is 117 cm³/mol. The van der Waals surface area contributed by atoms with Crippen LogP contribution in [0.4, 0.5) is 0 Å². The summed E-state index contributed by atoms with van der Waals surface area (Å²) in [5.74, 6) is 0.682. The predicted octanol–water partition coefficient (Wildman–Crippen LogP) is 4.48. The van der Waals surface area contributed by atoms with E-state index in [9.17, 15) is 4.79 Å². The van der Waals surface area contributed by atoms with Gasteiger partial charge in [-0.25, -0.2) is 0 Å². The minimum atomic E-state index is 0.00990. The van der Waals surface area contributed by atoms with Gasteiger partial charge in [-0.2, -0.15) is 0 Å². The number of hydrogen-bond acceptors (Lipinski definition) is 4. The number of carbonyl (C=O) groups is 1. The van der Waals surface area contributed by atoms with Gasteiger partial charge in [0.15, 0.2) is 0 Å². The molecular weight excluding hydrogens is 388 g/mol. The van der Waals surface area contributed by atoms with Gasteiger partial charge < -0.3 is 19.3 Å². The fraction of sp³-hybridized carbons (Fsp3) is 0.696. The van der Waals surface area contributed by atoms with Gasteiger partial charge >= 0.3 is 0 Å². The summed E-state index contributed by atoms with van der Waals surface area (Å²) in [7, 11) is 1.70. The quantitative estimate of drug-likeness (QED) is 0.701. The summed E-state index contributed by atoms with van der Waals surface area (Å²) in [5, 5.41) is 0.508. The van der Waals surface area contributed by atoms with Gasteiger partial charge in [-0.15, -0.1) is 0 Å². The summed E-state index contributed by atoms with van der Waals surface area (Å²) < 4.78 is 11.6. The van der Waals surface area contributed by atoms with Crippen LogP contribution in [0.25, 0.3) is 0 Å². The van der Waals surface area contributed by atoms with Crippen LogP contribution in [0.5, 0.6) is 5.75 Å². The molecule has 162 valence electrons. The van der Waals surface area contributed by atoms with Crippen LogP contribution in [0.1, 0.15) is 56.8 Å². The standard InChI is InChI=1S/C23H35ClN2O3/c1-23(2,3)16-25-12-9-18(10-13-25)29-21-8-7-17(14-20(21)24)22(27)26-11-5-6-19(15-26)28-4/h7-8,14,18-19H,5-6,9-13,15-16H2,1-4H3. The number of amides is 1. The first-order valence-corrected chi connectivity index (χ1v) is 11.1. The number of nitrogens with zero attached hydrogens (tertiary/aromatic N) is 2. The zero-order valence-corrected chi connectivity index (χ0v) is 19.0. The Hall–Kier alpha value is -1.30. The summed E-state index contributed by atoms with van der Waals surface area (Å²) in [6.45, 7) is 11.4. The number of benzene rings is 1. The first kappa shape index (κ1) is 22.4. The molecule has 1 aromatic rings. The van der Waals surface area contributed by atoms with Gasteiger partial charge in [0.25, 0.3) is 5.91 Å². The molecule has 0 spiro atoms. The van der Waals surface area contributed by atoms with Crippen LogP contribution in [0.3, 0.4) is 0 Å². The van der Waals surface area contributed by atoms with Gasteiger partial charge in [0.1, 0.15) is 11.9 Å². The highest BCUT2D eigenvalue weighted by atomic mass is 35.5. The van der Waals surface area contributed by atoms with Crippen molar-refractivity contribution in [3.05, 3.63) is 28.8 Å². The number of methoxy groups -OCH3 is 1. The van der Waals surface area contributed by atoms with Crippen LogP contribution in [0.2, 0.25) is 5.02 Å². The van der Waals surface area contributed by atoms with Crippen molar-refractivity contribution in [1.82, 2.24) is 9.80 Å². The molecule has 3 rings (SSSR count). The summed E-state index contributed by atoms with van der Waals surface area (Å²) in [6, 6.07) is 5.41. The zero-order valence-electron chi connectivity index (χ0n) is 18.2. The lowest BCUT2D eigenvalue weighted by Crippen LogP contribution is -2.43. The largest absolute Gasteiger partial charge is 0.489 e. The lowest BCUT2D eigenvalue weighted by Gasteiger charge is -2.36. The third-order valence-corrected chi connectivity index (χ3v) is 6.00. The number of halogens is 1. The van der Waals surface area contributed by atoms with Crippen molar-refractivity contribution in [3.8, 4) is 5.75 Å². The molecule has 1 amide bonds. The van der Waals surface area contributed by atoms with Crippen LogP contribution >= 0.6 is 11.6 Å². The molecule has 2 aliphatic heterocycles. The molecule has 2 aliphatic rings. The Kier molecular flexibility index (Phi) is 7.47. The normalized spacial score (nSPS) is 22.0. The number of likely N-dealkylation sites (tertiary alicyclic amines) is 2. The van der Waals surface area contributed by atoms with Gasteiger partial charge in [-0.05, 0) is 49.3 Å². The molecule has 2 saturated heterocycles. The van der Waals surface area contributed by atoms with Crippen molar-refractivity contribution in [1.29, 1.82) is 0 Å².